The number of nitrogens with zero attached hydrogens (tertiary/aromatic N) is 2. The first-order valence-electron chi connectivity index (χ1n) is 5.42. The van der Waals surface area contributed by atoms with Crippen LogP contribution in [0.15, 0.2) is 27.1 Å². The minimum absolute atomic E-state index is 0.0144. The fourth-order valence-corrected chi connectivity index (χ4v) is 2.06. The Morgan fingerprint density at radius 3 is 2.70 bits per heavy atom. The third kappa shape index (κ3) is 3.63. The van der Waals surface area contributed by atoms with E-state index in [1.807, 2.05) is 0 Å². The molecule has 4 nitrogen and oxygen atoms in total. The fraction of sp³-hybridized carbons (Fsp3) is 0.273. The molecule has 108 valence electrons. The molecule has 0 bridgehead atoms. The maximum Gasteiger partial charge on any atom is 0.417 e. The zero-order chi connectivity index (χ0) is 14.8. The number of anilines is 2. The van der Waals surface area contributed by atoms with Crippen LogP contribution in [0.4, 0.5) is 24.9 Å². The van der Waals surface area contributed by atoms with Crippen LogP contribution in [-0.4, -0.2) is 16.1 Å². The molecular weight excluding hydrogens is 362 g/mol. The lowest BCUT2D eigenvalue weighted by Gasteiger charge is -2.10. The van der Waals surface area contributed by atoms with Crippen molar-refractivity contribution in [2.45, 2.75) is 12.6 Å². The summed E-state index contributed by atoms with van der Waals surface area (Å²) in [4.78, 5) is 0. The number of hydrogen-bond acceptors (Lipinski definition) is 4. The van der Waals surface area contributed by atoms with Crippen molar-refractivity contribution < 1.29 is 17.6 Å². The van der Waals surface area contributed by atoms with Crippen LogP contribution < -0.4 is 5.32 Å². The molecule has 0 spiro atoms. The molecule has 2 aromatic rings. The van der Waals surface area contributed by atoms with E-state index in [-0.39, 0.29) is 16.2 Å². The van der Waals surface area contributed by atoms with Gasteiger partial charge in [0.05, 0.1) is 5.56 Å². The van der Waals surface area contributed by atoms with Crippen molar-refractivity contribution in [2.75, 3.05) is 11.2 Å². The highest BCUT2D eigenvalue weighted by molar-refractivity contribution is 9.10. The van der Waals surface area contributed by atoms with Crippen LogP contribution in [0.1, 0.15) is 11.5 Å². The van der Waals surface area contributed by atoms with Gasteiger partial charge in [0, 0.05) is 22.5 Å². The molecule has 0 saturated carbocycles. The Morgan fingerprint density at radius 2 is 2.05 bits per heavy atom. The van der Waals surface area contributed by atoms with Crippen molar-refractivity contribution in [2.24, 2.45) is 0 Å². The molecule has 0 aliphatic heterocycles. The van der Waals surface area contributed by atoms with Crippen molar-refractivity contribution in [3.05, 3.63) is 34.1 Å². The molecule has 0 saturated heterocycles. The highest BCUT2D eigenvalue weighted by Crippen LogP contribution is 2.36. The van der Waals surface area contributed by atoms with Gasteiger partial charge < -0.3 is 9.73 Å². The summed E-state index contributed by atoms with van der Waals surface area (Å²) in [5, 5.41) is 9.98. The zero-order valence-corrected chi connectivity index (χ0v) is 12.2. The molecule has 0 radical (unpaired) electrons. The molecule has 0 aliphatic carbocycles. The lowest BCUT2D eigenvalue weighted by atomic mass is 10.2. The molecular formula is C11H8BrClF3N3O. The molecule has 1 N–H and O–H groups in total. The highest BCUT2D eigenvalue weighted by Gasteiger charge is 2.33. The Hall–Kier alpha value is -1.28. The smallest absolute Gasteiger partial charge is 0.408 e. The molecule has 1 aromatic heterocycles. The second kappa shape index (κ2) is 6.01. The van der Waals surface area contributed by atoms with Gasteiger partial charge in [0.1, 0.15) is 0 Å². The van der Waals surface area contributed by atoms with Crippen molar-refractivity contribution in [1.82, 2.24) is 10.2 Å². The average Bonchev–Trinajstić information content (AvgIpc) is 2.78. The predicted molar refractivity (Wildman–Crippen MR) is 71.1 cm³/mol. The lowest BCUT2D eigenvalue weighted by Crippen LogP contribution is -2.06. The van der Waals surface area contributed by atoms with E-state index in [1.54, 1.807) is 0 Å². The minimum atomic E-state index is -4.45. The van der Waals surface area contributed by atoms with Crippen LogP contribution in [0.2, 0.25) is 0 Å². The summed E-state index contributed by atoms with van der Waals surface area (Å²) in [5.41, 5.74) is -0.593. The van der Waals surface area contributed by atoms with E-state index in [9.17, 15) is 13.2 Å². The summed E-state index contributed by atoms with van der Waals surface area (Å²) < 4.78 is 43.4. The van der Waals surface area contributed by atoms with E-state index in [2.05, 4.69) is 31.4 Å². The van der Waals surface area contributed by atoms with Gasteiger partial charge in [-0.25, -0.2) is 0 Å². The summed E-state index contributed by atoms with van der Waals surface area (Å²) >= 11 is 8.38. The molecule has 9 heteroatoms. The fourth-order valence-electron chi connectivity index (χ4n) is 1.43. The third-order valence-electron chi connectivity index (χ3n) is 2.30. The minimum Gasteiger partial charge on any atom is -0.408 e. The van der Waals surface area contributed by atoms with Crippen LogP contribution in [0.5, 0.6) is 0 Å². The Morgan fingerprint density at radius 1 is 1.30 bits per heavy atom. The van der Waals surface area contributed by atoms with Crippen molar-refractivity contribution in [1.29, 1.82) is 0 Å². The van der Waals surface area contributed by atoms with Crippen LogP contribution in [0.3, 0.4) is 0 Å². The van der Waals surface area contributed by atoms with Gasteiger partial charge in [-0.1, -0.05) is 21.0 Å². The van der Waals surface area contributed by atoms with Crippen LogP contribution in [-0.2, 0) is 12.6 Å². The zero-order valence-electron chi connectivity index (χ0n) is 9.84. The second-order valence-corrected chi connectivity index (χ2v) is 4.99. The van der Waals surface area contributed by atoms with Gasteiger partial charge in [0.15, 0.2) is 0 Å². The molecule has 20 heavy (non-hydrogen) atoms. The molecule has 0 aliphatic rings. The first-order valence-corrected chi connectivity index (χ1v) is 6.75. The quantitative estimate of drug-likeness (QED) is 0.812. The van der Waals surface area contributed by atoms with Gasteiger partial charge in [0.25, 0.3) is 0 Å². The van der Waals surface area contributed by atoms with E-state index < -0.39 is 11.7 Å². The average molecular weight is 371 g/mol. The summed E-state index contributed by atoms with van der Waals surface area (Å²) in [6.07, 6.45) is -4.06. The number of aromatic nitrogens is 2. The summed E-state index contributed by atoms with van der Waals surface area (Å²) in [7, 11) is 0. The normalized spacial score (nSPS) is 11.7. The molecule has 2 rings (SSSR count). The van der Waals surface area contributed by atoms with Gasteiger partial charge in [0.2, 0.25) is 5.89 Å². The summed E-state index contributed by atoms with van der Waals surface area (Å²) in [6.45, 7) is 0. The Bertz CT molecular complexity index is 603. The monoisotopic (exact) mass is 369 g/mol. The van der Waals surface area contributed by atoms with E-state index >= 15 is 0 Å². The van der Waals surface area contributed by atoms with E-state index in [0.29, 0.717) is 18.2 Å². The van der Waals surface area contributed by atoms with Gasteiger partial charge in [-0.3, -0.25) is 0 Å². The van der Waals surface area contributed by atoms with Gasteiger partial charge in [-0.05, 0) is 18.2 Å². The van der Waals surface area contributed by atoms with Crippen molar-refractivity contribution in [3.8, 4) is 0 Å². The number of nitrogens with one attached hydrogen (secondary N) is 1. The Balaban J connectivity index is 2.21. The number of aryl methyl sites for hydroxylation is 1. The maximum absolute atomic E-state index is 12.7. The number of benzene rings is 1. The van der Waals surface area contributed by atoms with E-state index in [1.165, 1.54) is 12.1 Å². The molecule has 1 heterocycles. The number of halogens is 5. The largest absolute Gasteiger partial charge is 0.417 e. The number of alkyl halides is 4. The summed E-state index contributed by atoms with van der Waals surface area (Å²) in [5.74, 6) is 0.633. The molecule has 0 atom stereocenters. The third-order valence-corrected chi connectivity index (χ3v) is 3.18. The van der Waals surface area contributed by atoms with Crippen LogP contribution in [0, 0.1) is 0 Å². The van der Waals surface area contributed by atoms with Crippen LogP contribution in [0.25, 0.3) is 0 Å². The SMILES string of the molecule is FC(F)(F)c1cc(Nc2nnc(CCCl)o2)ccc1Br. The first kappa shape index (κ1) is 15.1. The second-order valence-electron chi connectivity index (χ2n) is 3.76. The molecule has 1 aromatic carbocycles. The van der Waals surface area contributed by atoms with E-state index in [4.69, 9.17) is 16.0 Å². The van der Waals surface area contributed by atoms with E-state index in [0.717, 1.165) is 6.07 Å². The first-order chi connectivity index (χ1) is 9.40. The molecule has 0 fully saturated rings. The molecule has 0 amide bonds. The standard InChI is InChI=1S/C11H8BrClF3N3O/c12-8-2-1-6(5-7(8)11(14,15)16)17-10-19-18-9(20-10)3-4-13/h1-2,5H,3-4H2,(H,17,19). The highest BCUT2D eigenvalue weighted by atomic mass is 79.9. The van der Waals surface area contributed by atoms with Crippen LogP contribution >= 0.6 is 27.5 Å². The van der Waals surface area contributed by atoms with Gasteiger partial charge in [-0.15, -0.1) is 16.7 Å². The van der Waals surface area contributed by atoms with Gasteiger partial charge in [-0.2, -0.15) is 13.2 Å². The Kier molecular flexibility index (Phi) is 4.54. The topological polar surface area (TPSA) is 51.0 Å². The van der Waals surface area contributed by atoms with Gasteiger partial charge >= 0.3 is 12.2 Å². The summed E-state index contributed by atoms with van der Waals surface area (Å²) in [6, 6.07) is 3.72. The predicted octanol–water partition coefficient (Wildman–Crippen LogP) is 4.38. The molecule has 0 unspecified atom stereocenters. The number of hydrogen-bond donors (Lipinski definition) is 1. The van der Waals surface area contributed by atoms with Crippen molar-refractivity contribution >= 4 is 39.2 Å². The number of rotatable bonds is 4. The maximum atomic E-state index is 12.7. The van der Waals surface area contributed by atoms with Crippen molar-refractivity contribution in [3.63, 3.8) is 0 Å². The Labute approximate surface area is 125 Å². The lowest BCUT2D eigenvalue weighted by molar-refractivity contribution is -0.138.